The standard InChI is InChI=1S/C18H22N4O2/c1-18-10-20(2)8-13(18)9-22(11-18)17(24)15-7-14(3-4-16(15)23)21-6-5-19-12-21/h3-7,12-13,23H,8-11H2,1-2H3/t13-,18+/m1/s1. The molecule has 3 heterocycles. The van der Waals surface area contributed by atoms with Crippen molar-refractivity contribution in [2.45, 2.75) is 6.92 Å². The molecule has 0 saturated carbocycles. The third kappa shape index (κ3) is 2.38. The van der Waals surface area contributed by atoms with Crippen LogP contribution in [0.2, 0.25) is 0 Å². The molecule has 126 valence electrons. The maximum atomic E-state index is 13.0. The van der Waals surface area contributed by atoms with Crippen LogP contribution in [0.3, 0.4) is 0 Å². The number of likely N-dealkylation sites (tertiary alicyclic amines) is 2. The Hall–Kier alpha value is -2.34. The highest BCUT2D eigenvalue weighted by atomic mass is 16.3. The number of imidazole rings is 1. The Labute approximate surface area is 141 Å². The predicted octanol–water partition coefficient (Wildman–Crippen LogP) is 1.60. The van der Waals surface area contributed by atoms with Gasteiger partial charge in [0.2, 0.25) is 0 Å². The molecule has 1 aromatic heterocycles. The minimum Gasteiger partial charge on any atom is -0.507 e. The zero-order valence-corrected chi connectivity index (χ0v) is 14.0. The highest BCUT2D eigenvalue weighted by molar-refractivity contribution is 5.97. The van der Waals surface area contributed by atoms with Crippen molar-refractivity contribution in [3.8, 4) is 11.4 Å². The van der Waals surface area contributed by atoms with Gasteiger partial charge in [-0.25, -0.2) is 4.98 Å². The van der Waals surface area contributed by atoms with Gasteiger partial charge >= 0.3 is 0 Å². The number of aromatic hydroxyl groups is 1. The Morgan fingerprint density at radius 1 is 1.33 bits per heavy atom. The summed E-state index contributed by atoms with van der Waals surface area (Å²) in [5.74, 6) is 0.446. The van der Waals surface area contributed by atoms with Crippen LogP contribution in [-0.4, -0.2) is 63.6 Å². The number of amides is 1. The van der Waals surface area contributed by atoms with Crippen LogP contribution in [0.4, 0.5) is 0 Å². The largest absolute Gasteiger partial charge is 0.507 e. The van der Waals surface area contributed by atoms with E-state index in [2.05, 4.69) is 23.9 Å². The molecule has 6 heteroatoms. The van der Waals surface area contributed by atoms with Crippen LogP contribution >= 0.6 is 0 Å². The van der Waals surface area contributed by atoms with Crippen molar-refractivity contribution in [3.05, 3.63) is 42.5 Å². The van der Waals surface area contributed by atoms with Crippen LogP contribution in [0.5, 0.6) is 5.75 Å². The lowest BCUT2D eigenvalue weighted by atomic mass is 9.83. The molecule has 0 spiro atoms. The van der Waals surface area contributed by atoms with Gasteiger partial charge in [0.15, 0.2) is 0 Å². The van der Waals surface area contributed by atoms with Crippen LogP contribution in [0, 0.1) is 11.3 Å². The molecule has 2 saturated heterocycles. The molecule has 4 rings (SSSR count). The zero-order chi connectivity index (χ0) is 16.9. The predicted molar refractivity (Wildman–Crippen MR) is 90.2 cm³/mol. The van der Waals surface area contributed by atoms with Crippen molar-refractivity contribution in [2.24, 2.45) is 11.3 Å². The van der Waals surface area contributed by atoms with Crippen LogP contribution in [0.1, 0.15) is 17.3 Å². The summed E-state index contributed by atoms with van der Waals surface area (Å²) in [5.41, 5.74) is 1.33. The van der Waals surface area contributed by atoms with Gasteiger partial charge < -0.3 is 19.5 Å². The summed E-state index contributed by atoms with van der Waals surface area (Å²) >= 11 is 0. The number of aromatic nitrogens is 2. The average molecular weight is 326 g/mol. The van der Waals surface area contributed by atoms with Crippen molar-refractivity contribution < 1.29 is 9.90 Å². The summed E-state index contributed by atoms with van der Waals surface area (Å²) in [7, 11) is 2.14. The average Bonchev–Trinajstić information content (AvgIpc) is 3.21. The number of rotatable bonds is 2. The van der Waals surface area contributed by atoms with Crippen molar-refractivity contribution in [2.75, 3.05) is 33.2 Å². The van der Waals surface area contributed by atoms with E-state index in [1.54, 1.807) is 30.7 Å². The quantitative estimate of drug-likeness (QED) is 0.911. The second-order valence-electron chi connectivity index (χ2n) is 7.40. The summed E-state index contributed by atoms with van der Waals surface area (Å²) in [6.07, 6.45) is 5.18. The summed E-state index contributed by atoms with van der Waals surface area (Å²) in [6, 6.07) is 5.10. The maximum absolute atomic E-state index is 13.0. The van der Waals surface area contributed by atoms with Gasteiger partial charge in [-0.15, -0.1) is 0 Å². The van der Waals surface area contributed by atoms with E-state index in [-0.39, 0.29) is 17.1 Å². The van der Waals surface area contributed by atoms with Crippen molar-refractivity contribution in [1.29, 1.82) is 0 Å². The van der Waals surface area contributed by atoms with E-state index in [9.17, 15) is 9.90 Å². The summed E-state index contributed by atoms with van der Waals surface area (Å²) in [5, 5.41) is 10.2. The Morgan fingerprint density at radius 2 is 2.17 bits per heavy atom. The molecule has 2 aliphatic rings. The fourth-order valence-corrected chi connectivity index (χ4v) is 4.22. The Bertz CT molecular complexity index is 773. The topological polar surface area (TPSA) is 61.6 Å². The van der Waals surface area contributed by atoms with Crippen LogP contribution in [0.15, 0.2) is 36.9 Å². The van der Waals surface area contributed by atoms with E-state index in [1.807, 2.05) is 15.7 Å². The molecule has 1 amide bonds. The van der Waals surface area contributed by atoms with Crippen molar-refractivity contribution in [1.82, 2.24) is 19.4 Å². The molecular formula is C18H22N4O2. The minimum atomic E-state index is -0.0901. The Balaban J connectivity index is 1.60. The van der Waals surface area contributed by atoms with Gasteiger partial charge in [0.05, 0.1) is 11.9 Å². The maximum Gasteiger partial charge on any atom is 0.257 e. The van der Waals surface area contributed by atoms with Gasteiger partial charge in [0.1, 0.15) is 5.75 Å². The first-order valence-corrected chi connectivity index (χ1v) is 8.25. The van der Waals surface area contributed by atoms with Gasteiger partial charge in [-0.05, 0) is 31.2 Å². The fraction of sp³-hybridized carbons (Fsp3) is 0.444. The molecule has 1 aromatic carbocycles. The minimum absolute atomic E-state index is 0.0307. The fourth-order valence-electron chi connectivity index (χ4n) is 4.22. The molecule has 2 fully saturated rings. The lowest BCUT2D eigenvalue weighted by molar-refractivity contribution is 0.0762. The van der Waals surface area contributed by atoms with Gasteiger partial charge in [0.25, 0.3) is 5.91 Å². The Kier molecular flexibility index (Phi) is 3.38. The second kappa shape index (κ2) is 5.34. The summed E-state index contributed by atoms with van der Waals surface area (Å²) < 4.78 is 1.82. The third-order valence-electron chi connectivity index (χ3n) is 5.44. The van der Waals surface area contributed by atoms with Gasteiger partial charge in [-0.1, -0.05) is 6.92 Å². The molecule has 2 atom stereocenters. The SMILES string of the molecule is CN1C[C@@H]2CN(C(=O)c3cc(-n4ccnc4)ccc3O)C[C@]2(C)C1. The number of fused-ring (bicyclic) bond motifs is 1. The summed E-state index contributed by atoms with van der Waals surface area (Å²) in [6.45, 7) is 5.81. The normalized spacial score (nSPS) is 26.8. The molecule has 0 radical (unpaired) electrons. The first-order valence-electron chi connectivity index (χ1n) is 8.25. The molecule has 1 N–H and O–H groups in total. The second-order valence-corrected chi connectivity index (χ2v) is 7.40. The van der Waals surface area contributed by atoms with Crippen LogP contribution in [0.25, 0.3) is 5.69 Å². The number of benzene rings is 1. The number of carbonyl (C=O) groups excluding carboxylic acids is 1. The summed E-state index contributed by atoms with van der Waals surface area (Å²) in [4.78, 5) is 21.2. The lowest BCUT2D eigenvalue weighted by Gasteiger charge is -2.24. The highest BCUT2D eigenvalue weighted by Crippen LogP contribution is 2.42. The van der Waals surface area contributed by atoms with Gasteiger partial charge in [-0.2, -0.15) is 0 Å². The molecule has 0 unspecified atom stereocenters. The number of carbonyl (C=O) groups is 1. The van der Waals surface area contributed by atoms with Gasteiger partial charge in [0, 0.05) is 49.7 Å². The highest BCUT2D eigenvalue weighted by Gasteiger charge is 2.49. The molecule has 24 heavy (non-hydrogen) atoms. The van der Waals surface area contributed by atoms with E-state index in [4.69, 9.17) is 0 Å². The monoisotopic (exact) mass is 326 g/mol. The smallest absolute Gasteiger partial charge is 0.257 e. The molecule has 6 nitrogen and oxygen atoms in total. The number of hydrogen-bond acceptors (Lipinski definition) is 4. The van der Waals surface area contributed by atoms with E-state index in [1.165, 1.54) is 0 Å². The number of phenols is 1. The number of phenolic OH excluding ortho intramolecular Hbond substituents is 1. The van der Waals surface area contributed by atoms with Crippen molar-refractivity contribution in [3.63, 3.8) is 0 Å². The molecular weight excluding hydrogens is 304 g/mol. The van der Waals surface area contributed by atoms with Gasteiger partial charge in [-0.3, -0.25) is 4.79 Å². The van der Waals surface area contributed by atoms with E-state index >= 15 is 0 Å². The molecule has 0 bridgehead atoms. The van der Waals surface area contributed by atoms with E-state index in [0.717, 1.165) is 31.9 Å². The van der Waals surface area contributed by atoms with Crippen LogP contribution in [-0.2, 0) is 0 Å². The molecule has 0 aliphatic carbocycles. The number of nitrogens with zero attached hydrogens (tertiary/aromatic N) is 4. The Morgan fingerprint density at radius 3 is 2.88 bits per heavy atom. The molecule has 2 aromatic rings. The van der Waals surface area contributed by atoms with Crippen LogP contribution < -0.4 is 0 Å². The lowest BCUT2D eigenvalue weighted by Crippen LogP contribution is -2.34. The zero-order valence-electron chi connectivity index (χ0n) is 14.0. The van der Waals surface area contributed by atoms with E-state index in [0.29, 0.717) is 11.5 Å². The number of hydrogen-bond donors (Lipinski definition) is 1. The first-order chi connectivity index (χ1) is 11.5. The first kappa shape index (κ1) is 15.2. The van der Waals surface area contributed by atoms with E-state index < -0.39 is 0 Å². The molecule has 2 aliphatic heterocycles. The third-order valence-corrected chi connectivity index (χ3v) is 5.44. The van der Waals surface area contributed by atoms with Crippen molar-refractivity contribution >= 4 is 5.91 Å².